The van der Waals surface area contributed by atoms with Crippen molar-refractivity contribution in [1.82, 2.24) is 0 Å². The predicted octanol–water partition coefficient (Wildman–Crippen LogP) is 8.90. The lowest BCUT2D eigenvalue weighted by Gasteiger charge is -2.33. The predicted molar refractivity (Wildman–Crippen MR) is 147 cm³/mol. The summed E-state index contributed by atoms with van der Waals surface area (Å²) in [7, 11) is 0. The number of hydrogen-bond donors (Lipinski definition) is 0. The molecule has 1 aromatic carbocycles. The normalized spacial score (nSPS) is 17.1. The average Bonchev–Trinajstić information content (AvgIpc) is 3.20. The van der Waals surface area contributed by atoms with Crippen LogP contribution in [-0.2, 0) is 15.8 Å². The van der Waals surface area contributed by atoms with Crippen LogP contribution in [-0.4, -0.2) is 24.8 Å². The van der Waals surface area contributed by atoms with E-state index in [-0.39, 0.29) is 11.1 Å². The molecule has 0 saturated heterocycles. The molecule has 0 radical (unpaired) electrons. The number of halogens is 3. The Morgan fingerprint density at radius 1 is 0.973 bits per heavy atom. The van der Waals surface area contributed by atoms with Gasteiger partial charge < -0.3 is 9.74 Å². The van der Waals surface area contributed by atoms with E-state index in [9.17, 15) is 18.0 Å². The summed E-state index contributed by atoms with van der Waals surface area (Å²) < 4.78 is 43.0. The minimum atomic E-state index is -4.57. The van der Waals surface area contributed by atoms with Gasteiger partial charge in [0.15, 0.2) is 0 Å². The number of nitrogens with zero attached hydrogens (tertiary/aromatic N) is 2. The molecule has 1 aliphatic rings. The molecule has 2 atom stereocenters. The second-order valence-electron chi connectivity index (χ2n) is 11.3. The lowest BCUT2D eigenvalue weighted by molar-refractivity contribution is -0.138. The van der Waals surface area contributed by atoms with Crippen LogP contribution in [0.25, 0.3) is 6.08 Å². The quantitative estimate of drug-likeness (QED) is 0.192. The highest BCUT2D eigenvalue weighted by Crippen LogP contribution is 2.38. The van der Waals surface area contributed by atoms with Crippen LogP contribution in [0.2, 0.25) is 0 Å². The molecule has 1 heterocycles. The lowest BCUT2D eigenvalue weighted by atomic mass is 9.85. The zero-order chi connectivity index (χ0) is 27.8. The van der Waals surface area contributed by atoms with Gasteiger partial charge in [-0.2, -0.15) is 13.2 Å². The van der Waals surface area contributed by atoms with Crippen molar-refractivity contribution in [3.8, 4) is 0 Å². The number of rotatable bonds is 13. The Kier molecular flexibility index (Phi) is 11.3. The summed E-state index contributed by atoms with van der Waals surface area (Å²) in [6.45, 7) is 15.6. The third kappa shape index (κ3) is 8.61. The number of carbonyl (C=O) groups is 1. The highest BCUT2D eigenvalue weighted by atomic mass is 19.4. The van der Waals surface area contributed by atoms with Crippen molar-refractivity contribution < 1.29 is 22.8 Å². The van der Waals surface area contributed by atoms with E-state index in [1.807, 2.05) is 20.8 Å². The van der Waals surface area contributed by atoms with E-state index >= 15 is 0 Å². The van der Waals surface area contributed by atoms with Gasteiger partial charge in [-0.15, -0.1) is 0 Å². The molecule has 2 unspecified atom stereocenters. The fourth-order valence-corrected chi connectivity index (χ4v) is 4.88. The monoisotopic (exact) mass is 522 g/mol. The minimum absolute atomic E-state index is 0.0550. The Morgan fingerprint density at radius 3 is 2.11 bits per heavy atom. The molecule has 1 aliphatic heterocycles. The Balaban J connectivity index is 2.55. The average molecular weight is 523 g/mol. The number of anilines is 1. The van der Waals surface area contributed by atoms with Gasteiger partial charge in [-0.25, -0.2) is 4.79 Å². The highest BCUT2D eigenvalue weighted by molar-refractivity contribution is 6.26. The maximum atomic E-state index is 14.3. The van der Waals surface area contributed by atoms with E-state index < -0.39 is 23.1 Å². The van der Waals surface area contributed by atoms with Gasteiger partial charge in [-0.1, -0.05) is 91.8 Å². The van der Waals surface area contributed by atoms with Crippen LogP contribution < -0.4 is 4.90 Å². The summed E-state index contributed by atoms with van der Waals surface area (Å²) in [4.78, 5) is 19.3. The van der Waals surface area contributed by atoms with E-state index in [4.69, 9.17) is 4.84 Å². The van der Waals surface area contributed by atoms with Gasteiger partial charge in [0.05, 0.1) is 11.1 Å². The summed E-state index contributed by atoms with van der Waals surface area (Å²) in [5, 5.41) is 3.84. The van der Waals surface area contributed by atoms with Crippen molar-refractivity contribution in [1.29, 1.82) is 0 Å². The fraction of sp³-hybridized carbons (Fsp3) is 0.667. The molecule has 0 bridgehead atoms. The van der Waals surface area contributed by atoms with Crippen molar-refractivity contribution in [2.75, 3.05) is 18.0 Å². The van der Waals surface area contributed by atoms with Crippen molar-refractivity contribution >= 4 is 23.4 Å². The molecule has 7 heteroatoms. The van der Waals surface area contributed by atoms with Crippen molar-refractivity contribution in [3.05, 3.63) is 34.9 Å². The number of alkyl halides is 3. The zero-order valence-electron chi connectivity index (χ0n) is 23.7. The minimum Gasteiger partial charge on any atom is -0.371 e. The molecule has 0 aromatic heterocycles. The van der Waals surface area contributed by atoms with Gasteiger partial charge in [0.2, 0.25) is 0 Å². The van der Waals surface area contributed by atoms with Crippen molar-refractivity contribution in [2.24, 2.45) is 22.4 Å². The molecule has 0 aliphatic carbocycles. The molecular weight excluding hydrogens is 477 g/mol. The molecule has 0 spiro atoms. The summed E-state index contributed by atoms with van der Waals surface area (Å²) in [5.41, 5.74) is -0.348. The molecule has 0 N–H and O–H groups in total. The lowest BCUT2D eigenvalue weighted by Crippen LogP contribution is -2.34. The highest BCUT2D eigenvalue weighted by Gasteiger charge is 2.37. The Hall–Kier alpha value is -2.31. The Morgan fingerprint density at radius 2 is 1.59 bits per heavy atom. The first-order chi connectivity index (χ1) is 17.3. The van der Waals surface area contributed by atoms with E-state index in [2.05, 4.69) is 37.8 Å². The first kappa shape index (κ1) is 30.9. The largest absolute Gasteiger partial charge is 0.417 e. The summed E-state index contributed by atoms with van der Waals surface area (Å²) in [6.07, 6.45) is 4.08. The third-order valence-corrected chi connectivity index (χ3v) is 7.19. The van der Waals surface area contributed by atoms with Crippen LogP contribution in [0.15, 0.2) is 28.9 Å². The molecule has 2 rings (SSSR count). The molecular formula is C30H45F3N2O2. The van der Waals surface area contributed by atoms with Crippen LogP contribution in [0.3, 0.4) is 0 Å². The van der Waals surface area contributed by atoms with Gasteiger partial charge in [0.1, 0.15) is 5.71 Å². The Bertz CT molecular complexity index is 961. The molecule has 0 saturated carbocycles. The summed E-state index contributed by atoms with van der Waals surface area (Å²) in [5.74, 6) is 0.119. The van der Waals surface area contributed by atoms with Crippen molar-refractivity contribution in [2.45, 2.75) is 99.6 Å². The molecule has 0 amide bonds. The molecule has 0 fully saturated rings. The summed E-state index contributed by atoms with van der Waals surface area (Å²) >= 11 is 0. The maximum absolute atomic E-state index is 14.3. The van der Waals surface area contributed by atoms with Crippen LogP contribution in [0.4, 0.5) is 18.9 Å². The second kappa shape index (κ2) is 13.5. The van der Waals surface area contributed by atoms with Crippen LogP contribution in [0, 0.1) is 17.3 Å². The van der Waals surface area contributed by atoms with Gasteiger partial charge in [0.25, 0.3) is 0 Å². The molecule has 1 aromatic rings. The van der Waals surface area contributed by atoms with E-state index in [0.717, 1.165) is 58.0 Å². The molecule has 37 heavy (non-hydrogen) atoms. The van der Waals surface area contributed by atoms with Gasteiger partial charge >= 0.3 is 12.1 Å². The zero-order valence-corrected chi connectivity index (χ0v) is 23.7. The first-order valence-corrected chi connectivity index (χ1v) is 13.8. The van der Waals surface area contributed by atoms with E-state index in [0.29, 0.717) is 23.2 Å². The number of unbranched alkanes of at least 4 members (excludes halogenated alkanes) is 1. The topological polar surface area (TPSA) is 41.9 Å². The smallest absolute Gasteiger partial charge is 0.371 e. The van der Waals surface area contributed by atoms with Gasteiger partial charge in [-0.3, -0.25) is 0 Å². The number of hydrogen-bond acceptors (Lipinski definition) is 4. The Labute approximate surface area is 221 Å². The van der Waals surface area contributed by atoms with E-state index in [1.165, 1.54) is 18.2 Å². The number of carbonyl (C=O) groups excluding carboxylic acids is 1. The standard InChI is InChI=1S/C30H45F3N2O2/c1-8-12-14-22(11-4)20-35(19-21(10-3)13-9-2)24-16-15-23(26(18-24)30(31,32)33)17-25-27(29(5,6)7)34-37-28(25)36/h15-18,21-22H,8-14,19-20H2,1-7H3/b25-17-. The van der Waals surface area contributed by atoms with Gasteiger partial charge in [0, 0.05) is 24.2 Å². The second-order valence-corrected chi connectivity index (χ2v) is 11.3. The van der Waals surface area contributed by atoms with Crippen LogP contribution in [0.1, 0.15) is 105 Å². The number of benzene rings is 1. The molecule has 4 nitrogen and oxygen atoms in total. The SMILES string of the molecule is CCCCC(CC)CN(CC(CC)CCC)c1ccc(/C=C2\C(=O)ON=C2C(C)(C)C)c(C(F)(F)F)c1. The summed E-state index contributed by atoms with van der Waals surface area (Å²) in [6, 6.07) is 4.50. The van der Waals surface area contributed by atoms with Gasteiger partial charge in [-0.05, 0) is 48.4 Å². The number of oxime groups is 1. The maximum Gasteiger partial charge on any atom is 0.417 e. The third-order valence-electron chi connectivity index (χ3n) is 7.19. The fourth-order valence-electron chi connectivity index (χ4n) is 4.88. The van der Waals surface area contributed by atoms with Crippen LogP contribution >= 0.6 is 0 Å². The van der Waals surface area contributed by atoms with E-state index in [1.54, 1.807) is 6.07 Å². The van der Waals surface area contributed by atoms with Crippen LogP contribution in [0.5, 0.6) is 0 Å². The van der Waals surface area contributed by atoms with Crippen molar-refractivity contribution in [3.63, 3.8) is 0 Å². The first-order valence-electron chi connectivity index (χ1n) is 13.8. The molecule has 208 valence electrons.